The second-order valence-corrected chi connectivity index (χ2v) is 4.14. The first-order valence-corrected chi connectivity index (χ1v) is 5.59. The molecule has 2 nitrogen and oxygen atoms in total. The molecule has 1 fully saturated rings. The van der Waals surface area contributed by atoms with Crippen LogP contribution in [0, 0.1) is 11.8 Å². The van der Waals surface area contributed by atoms with Gasteiger partial charge in [0.1, 0.15) is 0 Å². The molecule has 0 aromatic carbocycles. The van der Waals surface area contributed by atoms with Crippen molar-refractivity contribution < 1.29 is 5.11 Å². The second-order valence-electron chi connectivity index (χ2n) is 4.14. The van der Waals surface area contributed by atoms with E-state index >= 15 is 0 Å². The fourth-order valence-electron chi connectivity index (χ4n) is 1.98. The number of aliphatic hydroxyl groups is 1. The maximum atomic E-state index is 10.1. The summed E-state index contributed by atoms with van der Waals surface area (Å²) in [7, 11) is 0. The molecule has 0 amide bonds. The first-order valence-electron chi connectivity index (χ1n) is 5.59. The summed E-state index contributed by atoms with van der Waals surface area (Å²) in [6, 6.07) is 0. The van der Waals surface area contributed by atoms with Crippen molar-refractivity contribution in [2.24, 2.45) is 0 Å². The summed E-state index contributed by atoms with van der Waals surface area (Å²) in [6.07, 6.45) is 6.43. The quantitative estimate of drug-likeness (QED) is 0.528. The van der Waals surface area contributed by atoms with Crippen molar-refractivity contribution in [3.63, 3.8) is 0 Å². The lowest BCUT2D eigenvalue weighted by molar-refractivity contribution is 0.00524. The van der Waals surface area contributed by atoms with Gasteiger partial charge in [-0.15, -0.1) is 11.8 Å². The van der Waals surface area contributed by atoms with E-state index in [4.69, 9.17) is 0 Å². The van der Waals surface area contributed by atoms with Crippen molar-refractivity contribution in [2.75, 3.05) is 13.1 Å². The predicted octanol–water partition coefficient (Wildman–Crippen LogP) is 1.68. The predicted molar refractivity (Wildman–Crippen MR) is 59.0 cm³/mol. The van der Waals surface area contributed by atoms with Gasteiger partial charge in [0, 0.05) is 19.5 Å². The molecule has 0 bridgehead atoms. The summed E-state index contributed by atoms with van der Waals surface area (Å²) in [5.41, 5.74) is -0.433. The van der Waals surface area contributed by atoms with E-state index in [0.29, 0.717) is 0 Å². The van der Waals surface area contributed by atoms with Crippen LogP contribution in [0.5, 0.6) is 0 Å². The van der Waals surface area contributed by atoms with Gasteiger partial charge in [-0.05, 0) is 19.8 Å². The minimum atomic E-state index is -0.433. The van der Waals surface area contributed by atoms with Gasteiger partial charge < -0.3 is 10.4 Å². The minimum Gasteiger partial charge on any atom is -0.389 e. The Balaban J connectivity index is 2.11. The molecule has 2 heteroatoms. The van der Waals surface area contributed by atoms with Crippen LogP contribution in [0.25, 0.3) is 0 Å². The Labute approximate surface area is 87.1 Å². The largest absolute Gasteiger partial charge is 0.389 e. The number of hydrogen-bond donors (Lipinski definition) is 2. The second kappa shape index (κ2) is 6.06. The van der Waals surface area contributed by atoms with Crippen molar-refractivity contribution in [1.29, 1.82) is 0 Å². The summed E-state index contributed by atoms with van der Waals surface area (Å²) in [6.45, 7) is 3.48. The van der Waals surface area contributed by atoms with E-state index in [9.17, 15) is 5.11 Å². The highest BCUT2D eigenvalue weighted by molar-refractivity contribution is 4.95. The van der Waals surface area contributed by atoms with Crippen molar-refractivity contribution in [2.45, 2.75) is 51.0 Å². The zero-order valence-corrected chi connectivity index (χ0v) is 9.10. The third-order valence-corrected chi connectivity index (χ3v) is 2.84. The van der Waals surface area contributed by atoms with E-state index in [-0.39, 0.29) is 0 Å². The highest BCUT2D eigenvalue weighted by Crippen LogP contribution is 2.27. The Hall–Kier alpha value is -0.520. The Morgan fingerprint density at radius 2 is 2.00 bits per heavy atom. The van der Waals surface area contributed by atoms with E-state index in [1.54, 1.807) is 0 Å². The highest BCUT2D eigenvalue weighted by Gasteiger charge is 2.28. The lowest BCUT2D eigenvalue weighted by Crippen LogP contribution is -2.42. The molecule has 1 rings (SSSR count). The monoisotopic (exact) mass is 195 g/mol. The smallest absolute Gasteiger partial charge is 0.0771 e. The summed E-state index contributed by atoms with van der Waals surface area (Å²) in [5, 5.41) is 13.4. The average molecular weight is 195 g/mol. The maximum Gasteiger partial charge on any atom is 0.0771 e. The van der Waals surface area contributed by atoms with Crippen LogP contribution in [0.4, 0.5) is 0 Å². The summed E-state index contributed by atoms with van der Waals surface area (Å²) in [4.78, 5) is 0. The van der Waals surface area contributed by atoms with Gasteiger partial charge in [-0.1, -0.05) is 19.3 Å². The molecular weight excluding hydrogens is 174 g/mol. The molecule has 14 heavy (non-hydrogen) atoms. The lowest BCUT2D eigenvalue weighted by atomic mass is 9.85. The van der Waals surface area contributed by atoms with Crippen LogP contribution in [0.2, 0.25) is 0 Å². The molecule has 0 atom stereocenters. The summed E-state index contributed by atoms with van der Waals surface area (Å²) < 4.78 is 0. The zero-order valence-electron chi connectivity index (χ0n) is 9.10. The van der Waals surface area contributed by atoms with Gasteiger partial charge in [0.05, 0.1) is 5.60 Å². The van der Waals surface area contributed by atoms with E-state index in [1.807, 2.05) is 6.92 Å². The Morgan fingerprint density at radius 3 is 2.64 bits per heavy atom. The van der Waals surface area contributed by atoms with E-state index < -0.39 is 5.60 Å². The maximum absolute atomic E-state index is 10.1. The molecule has 1 saturated carbocycles. The van der Waals surface area contributed by atoms with Gasteiger partial charge in [-0.25, -0.2) is 0 Å². The van der Waals surface area contributed by atoms with Crippen molar-refractivity contribution in [3.8, 4) is 11.8 Å². The molecule has 1 aliphatic rings. The molecule has 0 aromatic heterocycles. The van der Waals surface area contributed by atoms with Crippen LogP contribution in [0.15, 0.2) is 0 Å². The average Bonchev–Trinajstić information content (AvgIpc) is 2.18. The third kappa shape index (κ3) is 4.13. The molecule has 0 spiro atoms. The van der Waals surface area contributed by atoms with Crippen LogP contribution in [0.1, 0.15) is 45.4 Å². The molecule has 0 unspecified atom stereocenters. The van der Waals surface area contributed by atoms with Crippen molar-refractivity contribution >= 4 is 0 Å². The minimum absolute atomic E-state index is 0.433. The summed E-state index contributed by atoms with van der Waals surface area (Å²) in [5.74, 6) is 5.87. The Kier molecular flexibility index (Phi) is 5.00. The molecular formula is C12H21NO. The van der Waals surface area contributed by atoms with E-state index in [2.05, 4.69) is 17.2 Å². The first kappa shape index (κ1) is 11.6. The Bertz CT molecular complexity index is 208. The van der Waals surface area contributed by atoms with Crippen molar-refractivity contribution in [1.82, 2.24) is 5.32 Å². The number of nitrogens with one attached hydrogen (secondary N) is 1. The highest BCUT2D eigenvalue weighted by atomic mass is 16.3. The van der Waals surface area contributed by atoms with Crippen LogP contribution in [0.3, 0.4) is 0 Å². The van der Waals surface area contributed by atoms with Gasteiger partial charge in [0.15, 0.2) is 0 Å². The normalized spacial score (nSPS) is 19.9. The topological polar surface area (TPSA) is 32.3 Å². The van der Waals surface area contributed by atoms with E-state index in [0.717, 1.165) is 32.4 Å². The van der Waals surface area contributed by atoms with Crippen LogP contribution < -0.4 is 5.32 Å². The van der Waals surface area contributed by atoms with Crippen molar-refractivity contribution in [3.05, 3.63) is 0 Å². The molecule has 0 radical (unpaired) electrons. The number of hydrogen-bond acceptors (Lipinski definition) is 2. The SMILES string of the molecule is CC#CCCNCC1(O)CCCCC1. The number of rotatable bonds is 4. The van der Waals surface area contributed by atoms with Crippen LogP contribution >= 0.6 is 0 Å². The molecule has 0 saturated heterocycles. The molecule has 0 heterocycles. The molecule has 0 aliphatic heterocycles. The molecule has 0 aromatic rings. The van der Waals surface area contributed by atoms with Gasteiger partial charge in [0.2, 0.25) is 0 Å². The molecule has 80 valence electrons. The lowest BCUT2D eigenvalue weighted by Gasteiger charge is -2.32. The van der Waals surface area contributed by atoms with Gasteiger partial charge in [0.25, 0.3) is 0 Å². The first-order chi connectivity index (χ1) is 6.77. The Morgan fingerprint density at radius 1 is 1.29 bits per heavy atom. The zero-order chi connectivity index (χ0) is 10.3. The van der Waals surface area contributed by atoms with Gasteiger partial charge >= 0.3 is 0 Å². The molecule has 1 aliphatic carbocycles. The fourth-order valence-corrected chi connectivity index (χ4v) is 1.98. The van der Waals surface area contributed by atoms with Crippen LogP contribution in [-0.2, 0) is 0 Å². The molecule has 2 N–H and O–H groups in total. The summed E-state index contributed by atoms with van der Waals surface area (Å²) >= 11 is 0. The van der Waals surface area contributed by atoms with E-state index in [1.165, 1.54) is 19.3 Å². The fraction of sp³-hybridized carbons (Fsp3) is 0.833. The van der Waals surface area contributed by atoms with Gasteiger partial charge in [-0.2, -0.15) is 0 Å². The van der Waals surface area contributed by atoms with Gasteiger partial charge in [-0.3, -0.25) is 0 Å². The third-order valence-electron chi connectivity index (χ3n) is 2.84. The standard InChI is InChI=1S/C12H21NO/c1-2-3-7-10-13-11-12(14)8-5-4-6-9-12/h13-14H,4-11H2,1H3. The van der Waals surface area contributed by atoms with Crippen LogP contribution in [-0.4, -0.2) is 23.8 Å².